The zero-order valence-electron chi connectivity index (χ0n) is 12.0. The lowest BCUT2D eigenvalue weighted by molar-refractivity contribution is 0.302. The number of ether oxygens (including phenoxy) is 1. The molecule has 2 nitrogen and oxygen atoms in total. The number of unbranched alkanes of at least 4 members (excludes halogenated alkanes) is 2. The summed E-state index contributed by atoms with van der Waals surface area (Å²) in [5.41, 5.74) is 1.30. The zero-order chi connectivity index (χ0) is 13.2. The molecule has 0 bridgehead atoms. The smallest absolute Gasteiger partial charge is 0.122 e. The highest BCUT2D eigenvalue weighted by Crippen LogP contribution is 2.18. The first-order valence-electron chi connectivity index (χ1n) is 7.18. The summed E-state index contributed by atoms with van der Waals surface area (Å²) in [5.74, 6) is 1.06. The molecule has 0 aliphatic rings. The van der Waals surface area contributed by atoms with E-state index in [1.165, 1.54) is 18.4 Å². The zero-order valence-corrected chi connectivity index (χ0v) is 12.0. The molecule has 0 radical (unpaired) electrons. The third kappa shape index (κ3) is 6.06. The van der Waals surface area contributed by atoms with E-state index in [2.05, 4.69) is 44.3 Å². The number of benzene rings is 1. The molecule has 0 unspecified atom stereocenters. The molecule has 1 aromatic rings. The second-order valence-electron chi connectivity index (χ2n) is 4.98. The van der Waals surface area contributed by atoms with Gasteiger partial charge in [0.05, 0.1) is 6.61 Å². The average Bonchev–Trinajstić information content (AvgIpc) is 2.37. The molecular formula is C16H27NO. The Kier molecular flexibility index (Phi) is 7.51. The normalized spacial score (nSPS) is 10.9. The van der Waals surface area contributed by atoms with Crippen molar-refractivity contribution in [2.24, 2.45) is 0 Å². The summed E-state index contributed by atoms with van der Waals surface area (Å²) in [6.07, 6.45) is 4.64. The van der Waals surface area contributed by atoms with Gasteiger partial charge < -0.3 is 10.1 Å². The van der Waals surface area contributed by atoms with Crippen molar-refractivity contribution < 1.29 is 4.74 Å². The van der Waals surface area contributed by atoms with Crippen molar-refractivity contribution in [2.45, 2.75) is 52.5 Å². The number of hydrogen-bond acceptors (Lipinski definition) is 2. The van der Waals surface area contributed by atoms with Crippen molar-refractivity contribution in [2.75, 3.05) is 13.2 Å². The molecule has 18 heavy (non-hydrogen) atoms. The highest BCUT2D eigenvalue weighted by Gasteiger charge is 2.00. The Hall–Kier alpha value is -1.02. The highest BCUT2D eigenvalue weighted by molar-refractivity contribution is 5.33. The molecule has 0 saturated heterocycles. The minimum atomic E-state index is 0.595. The maximum Gasteiger partial charge on any atom is 0.122 e. The number of para-hydroxylation sites is 1. The molecule has 0 fully saturated rings. The maximum absolute atomic E-state index is 5.84. The summed E-state index contributed by atoms with van der Waals surface area (Å²) < 4.78 is 5.84. The first-order valence-corrected chi connectivity index (χ1v) is 7.18. The van der Waals surface area contributed by atoms with E-state index in [1.807, 2.05) is 6.07 Å². The monoisotopic (exact) mass is 249 g/mol. The second-order valence-corrected chi connectivity index (χ2v) is 4.98. The lowest BCUT2D eigenvalue weighted by Gasteiger charge is -2.10. The van der Waals surface area contributed by atoms with Crippen molar-refractivity contribution in [1.29, 1.82) is 0 Å². The molecule has 1 aromatic carbocycles. The SMILES string of the molecule is CCc1ccccc1OCCCCCNC(C)C. The third-order valence-corrected chi connectivity index (χ3v) is 2.98. The van der Waals surface area contributed by atoms with Crippen LogP contribution in [-0.4, -0.2) is 19.2 Å². The van der Waals surface area contributed by atoms with Crippen molar-refractivity contribution in [3.8, 4) is 5.75 Å². The van der Waals surface area contributed by atoms with E-state index >= 15 is 0 Å². The van der Waals surface area contributed by atoms with Crippen LogP contribution in [0, 0.1) is 0 Å². The van der Waals surface area contributed by atoms with Crippen LogP contribution >= 0.6 is 0 Å². The minimum Gasteiger partial charge on any atom is -0.493 e. The number of nitrogens with one attached hydrogen (secondary N) is 1. The summed E-state index contributed by atoms with van der Waals surface area (Å²) in [7, 11) is 0. The molecule has 0 atom stereocenters. The predicted octanol–water partition coefficient (Wildman–Crippen LogP) is 3.80. The predicted molar refractivity (Wildman–Crippen MR) is 78.3 cm³/mol. The molecule has 102 valence electrons. The average molecular weight is 249 g/mol. The van der Waals surface area contributed by atoms with E-state index in [1.54, 1.807) is 0 Å². The van der Waals surface area contributed by atoms with Crippen LogP contribution in [0.1, 0.15) is 45.6 Å². The number of aryl methyl sites for hydroxylation is 1. The summed E-state index contributed by atoms with van der Waals surface area (Å²) in [6, 6.07) is 8.92. The van der Waals surface area contributed by atoms with Crippen molar-refractivity contribution in [3.05, 3.63) is 29.8 Å². The fraction of sp³-hybridized carbons (Fsp3) is 0.625. The van der Waals surface area contributed by atoms with Gasteiger partial charge in [-0.1, -0.05) is 39.0 Å². The first-order chi connectivity index (χ1) is 8.74. The Bertz CT molecular complexity index is 323. The van der Waals surface area contributed by atoms with Gasteiger partial charge in [-0.25, -0.2) is 0 Å². The Morgan fingerprint density at radius 3 is 2.61 bits per heavy atom. The van der Waals surface area contributed by atoms with Gasteiger partial charge in [0.25, 0.3) is 0 Å². The maximum atomic E-state index is 5.84. The topological polar surface area (TPSA) is 21.3 Å². The summed E-state index contributed by atoms with van der Waals surface area (Å²) >= 11 is 0. The Morgan fingerprint density at radius 1 is 1.11 bits per heavy atom. The quantitative estimate of drug-likeness (QED) is 0.672. The minimum absolute atomic E-state index is 0.595. The van der Waals surface area contributed by atoms with Gasteiger partial charge in [-0.15, -0.1) is 0 Å². The van der Waals surface area contributed by atoms with Crippen LogP contribution in [0.3, 0.4) is 0 Å². The lowest BCUT2D eigenvalue weighted by Crippen LogP contribution is -2.23. The summed E-state index contributed by atoms with van der Waals surface area (Å²) in [5, 5.41) is 3.43. The van der Waals surface area contributed by atoms with E-state index in [0.29, 0.717) is 6.04 Å². The fourth-order valence-electron chi connectivity index (χ4n) is 1.91. The Morgan fingerprint density at radius 2 is 1.89 bits per heavy atom. The van der Waals surface area contributed by atoms with Gasteiger partial charge in [0.15, 0.2) is 0 Å². The summed E-state index contributed by atoms with van der Waals surface area (Å²) in [6.45, 7) is 8.48. The van der Waals surface area contributed by atoms with Gasteiger partial charge in [-0.3, -0.25) is 0 Å². The molecular weight excluding hydrogens is 222 g/mol. The third-order valence-electron chi connectivity index (χ3n) is 2.98. The molecule has 0 aromatic heterocycles. The van der Waals surface area contributed by atoms with Gasteiger partial charge >= 0.3 is 0 Å². The van der Waals surface area contributed by atoms with Gasteiger partial charge in [0.2, 0.25) is 0 Å². The van der Waals surface area contributed by atoms with Crippen molar-refractivity contribution >= 4 is 0 Å². The second kappa shape index (κ2) is 8.98. The molecule has 0 amide bonds. The molecule has 1 rings (SSSR count). The fourth-order valence-corrected chi connectivity index (χ4v) is 1.91. The highest BCUT2D eigenvalue weighted by atomic mass is 16.5. The molecule has 2 heteroatoms. The molecule has 0 aliphatic carbocycles. The number of rotatable bonds is 9. The van der Waals surface area contributed by atoms with Gasteiger partial charge in [0.1, 0.15) is 5.75 Å². The van der Waals surface area contributed by atoms with Crippen LogP contribution in [-0.2, 0) is 6.42 Å². The van der Waals surface area contributed by atoms with Crippen molar-refractivity contribution in [3.63, 3.8) is 0 Å². The van der Waals surface area contributed by atoms with E-state index < -0.39 is 0 Å². The van der Waals surface area contributed by atoms with E-state index in [0.717, 1.165) is 31.7 Å². The molecule has 1 N–H and O–H groups in total. The van der Waals surface area contributed by atoms with Crippen LogP contribution in [0.25, 0.3) is 0 Å². The molecule has 0 heterocycles. The van der Waals surface area contributed by atoms with Crippen LogP contribution in [0.2, 0.25) is 0 Å². The van der Waals surface area contributed by atoms with E-state index in [-0.39, 0.29) is 0 Å². The first kappa shape index (κ1) is 15.0. The Balaban J connectivity index is 2.10. The summed E-state index contributed by atoms with van der Waals surface area (Å²) in [4.78, 5) is 0. The Labute approximate surface area is 112 Å². The van der Waals surface area contributed by atoms with Crippen LogP contribution in [0.15, 0.2) is 24.3 Å². The van der Waals surface area contributed by atoms with Gasteiger partial charge in [0, 0.05) is 6.04 Å². The van der Waals surface area contributed by atoms with Gasteiger partial charge in [-0.05, 0) is 43.9 Å². The molecule has 0 spiro atoms. The molecule has 0 saturated carbocycles. The van der Waals surface area contributed by atoms with Crippen molar-refractivity contribution in [1.82, 2.24) is 5.32 Å². The van der Waals surface area contributed by atoms with Crippen LogP contribution in [0.4, 0.5) is 0 Å². The largest absolute Gasteiger partial charge is 0.493 e. The van der Waals surface area contributed by atoms with Crippen LogP contribution in [0.5, 0.6) is 5.75 Å². The standard InChI is InChI=1S/C16H27NO/c1-4-15-10-6-7-11-16(15)18-13-9-5-8-12-17-14(2)3/h6-7,10-11,14,17H,4-5,8-9,12-13H2,1-3H3. The van der Waals surface area contributed by atoms with E-state index in [4.69, 9.17) is 4.74 Å². The van der Waals surface area contributed by atoms with Crippen LogP contribution < -0.4 is 10.1 Å². The van der Waals surface area contributed by atoms with E-state index in [9.17, 15) is 0 Å². The van der Waals surface area contributed by atoms with Gasteiger partial charge in [-0.2, -0.15) is 0 Å². The lowest BCUT2D eigenvalue weighted by atomic mass is 10.1. The number of hydrogen-bond donors (Lipinski definition) is 1. The molecule has 0 aliphatic heterocycles.